The number of hydrogen-bond acceptors (Lipinski definition) is 5. The first-order valence-electron chi connectivity index (χ1n) is 15.7. The highest BCUT2D eigenvalue weighted by Crippen LogP contribution is 2.47. The SMILES string of the molecule is COc1ccc2c(c1)OCCn1c-2c(C2CCCCC2)c2ccc(C(=O)NC(C)(C)c3nc4ccc(N(C)C)cc4[nH]3)cc21. The molecule has 0 saturated heterocycles. The molecule has 0 atom stereocenters. The molecule has 2 N–H and O–H groups in total. The quantitative estimate of drug-likeness (QED) is 0.216. The third-order valence-electron chi connectivity index (χ3n) is 9.40. The van der Waals surface area contributed by atoms with Crippen LogP contribution in [0.5, 0.6) is 11.5 Å². The second kappa shape index (κ2) is 10.9. The van der Waals surface area contributed by atoms with E-state index in [9.17, 15) is 4.79 Å². The van der Waals surface area contributed by atoms with E-state index in [1.54, 1.807) is 7.11 Å². The summed E-state index contributed by atoms with van der Waals surface area (Å²) in [6.07, 6.45) is 6.15. The maximum Gasteiger partial charge on any atom is 0.252 e. The lowest BCUT2D eigenvalue weighted by atomic mass is 9.81. The molecule has 0 radical (unpaired) electrons. The molecule has 7 rings (SSSR count). The van der Waals surface area contributed by atoms with Crippen LogP contribution in [-0.2, 0) is 12.1 Å². The summed E-state index contributed by atoms with van der Waals surface area (Å²) in [7, 11) is 5.72. The van der Waals surface area contributed by atoms with Crippen molar-refractivity contribution < 1.29 is 14.3 Å². The molecule has 2 aromatic heterocycles. The Morgan fingerprint density at radius 2 is 1.89 bits per heavy atom. The van der Waals surface area contributed by atoms with Crippen LogP contribution in [0.4, 0.5) is 5.69 Å². The van der Waals surface area contributed by atoms with Gasteiger partial charge in [-0.2, -0.15) is 0 Å². The monoisotopic (exact) mass is 591 g/mol. The molecule has 3 heterocycles. The van der Waals surface area contributed by atoms with Gasteiger partial charge in [0.2, 0.25) is 0 Å². The van der Waals surface area contributed by atoms with Crippen molar-refractivity contribution in [3.05, 3.63) is 71.5 Å². The van der Waals surface area contributed by atoms with Crippen LogP contribution in [0.25, 0.3) is 33.2 Å². The largest absolute Gasteiger partial charge is 0.497 e. The molecule has 1 aliphatic heterocycles. The summed E-state index contributed by atoms with van der Waals surface area (Å²) in [5, 5.41) is 4.49. The van der Waals surface area contributed by atoms with Crippen molar-refractivity contribution in [1.29, 1.82) is 0 Å². The van der Waals surface area contributed by atoms with Crippen molar-refractivity contribution in [1.82, 2.24) is 19.9 Å². The maximum absolute atomic E-state index is 13.8. The molecule has 0 spiro atoms. The van der Waals surface area contributed by atoms with Crippen LogP contribution in [0.2, 0.25) is 0 Å². The molecule has 1 saturated carbocycles. The third kappa shape index (κ3) is 4.86. The number of ether oxygens (including phenoxy) is 2. The van der Waals surface area contributed by atoms with Gasteiger partial charge in [0.15, 0.2) is 0 Å². The predicted molar refractivity (Wildman–Crippen MR) is 176 cm³/mol. The number of amides is 1. The molecular weight excluding hydrogens is 550 g/mol. The van der Waals surface area contributed by atoms with Crippen LogP contribution in [-0.4, -0.2) is 48.3 Å². The van der Waals surface area contributed by atoms with Gasteiger partial charge < -0.3 is 29.2 Å². The van der Waals surface area contributed by atoms with Crippen molar-refractivity contribution in [3.8, 4) is 22.8 Å². The number of hydrogen-bond donors (Lipinski definition) is 2. The number of carbonyl (C=O) groups excluding carboxylic acids is 1. The van der Waals surface area contributed by atoms with E-state index in [0.717, 1.165) is 45.1 Å². The number of fused-ring (bicyclic) bond motifs is 6. The van der Waals surface area contributed by atoms with Gasteiger partial charge in [0.1, 0.15) is 23.9 Å². The van der Waals surface area contributed by atoms with Crippen LogP contribution in [0.3, 0.4) is 0 Å². The minimum absolute atomic E-state index is 0.129. The molecule has 8 heteroatoms. The number of rotatable bonds is 6. The number of methoxy groups -OCH3 is 1. The van der Waals surface area contributed by atoms with E-state index in [1.807, 2.05) is 52.2 Å². The van der Waals surface area contributed by atoms with Crippen molar-refractivity contribution in [2.24, 2.45) is 0 Å². The first kappa shape index (κ1) is 28.3. The van der Waals surface area contributed by atoms with E-state index in [0.29, 0.717) is 24.6 Å². The first-order chi connectivity index (χ1) is 21.2. The van der Waals surface area contributed by atoms with Gasteiger partial charge in [-0.25, -0.2) is 4.98 Å². The van der Waals surface area contributed by atoms with Crippen molar-refractivity contribution in [2.45, 2.75) is 64.0 Å². The smallest absolute Gasteiger partial charge is 0.252 e. The van der Waals surface area contributed by atoms with Gasteiger partial charge in [-0.1, -0.05) is 25.3 Å². The molecule has 2 aliphatic rings. The second-order valence-electron chi connectivity index (χ2n) is 13.0. The van der Waals surface area contributed by atoms with E-state index in [4.69, 9.17) is 14.5 Å². The average Bonchev–Trinajstić information content (AvgIpc) is 3.55. The van der Waals surface area contributed by atoms with Crippen LogP contribution >= 0.6 is 0 Å². The number of nitrogens with zero attached hydrogens (tertiary/aromatic N) is 3. The van der Waals surface area contributed by atoms with Gasteiger partial charge in [-0.15, -0.1) is 0 Å². The molecule has 5 aromatic rings. The number of aromatic nitrogens is 3. The topological polar surface area (TPSA) is 84.4 Å². The number of benzene rings is 3. The molecule has 44 heavy (non-hydrogen) atoms. The van der Waals surface area contributed by atoms with E-state index in [2.05, 4.69) is 50.1 Å². The summed E-state index contributed by atoms with van der Waals surface area (Å²) in [5.74, 6) is 2.72. The van der Waals surface area contributed by atoms with Gasteiger partial charge in [-0.05, 0) is 80.6 Å². The average molecular weight is 592 g/mol. The minimum Gasteiger partial charge on any atom is -0.497 e. The lowest BCUT2D eigenvalue weighted by molar-refractivity contribution is 0.0909. The van der Waals surface area contributed by atoms with Crippen molar-refractivity contribution in [3.63, 3.8) is 0 Å². The lowest BCUT2D eigenvalue weighted by Gasteiger charge is -2.24. The number of H-pyrrole nitrogens is 1. The molecule has 1 fully saturated rings. The summed E-state index contributed by atoms with van der Waals surface area (Å²) in [5.41, 5.74) is 7.62. The molecule has 0 bridgehead atoms. The van der Waals surface area contributed by atoms with E-state index >= 15 is 0 Å². The summed E-state index contributed by atoms with van der Waals surface area (Å²) < 4.78 is 14.2. The number of carbonyl (C=O) groups is 1. The Hall–Kier alpha value is -4.46. The second-order valence-corrected chi connectivity index (χ2v) is 13.0. The lowest BCUT2D eigenvalue weighted by Crippen LogP contribution is -2.41. The summed E-state index contributed by atoms with van der Waals surface area (Å²) in [6, 6.07) is 18.5. The number of imidazole rings is 1. The fraction of sp³-hybridized carbons (Fsp3) is 0.389. The minimum atomic E-state index is -0.710. The Kier molecular flexibility index (Phi) is 7.03. The highest BCUT2D eigenvalue weighted by atomic mass is 16.5. The predicted octanol–water partition coefficient (Wildman–Crippen LogP) is 7.36. The first-order valence-corrected chi connectivity index (χ1v) is 15.7. The van der Waals surface area contributed by atoms with Gasteiger partial charge >= 0.3 is 0 Å². The number of aromatic amines is 1. The zero-order valence-electron chi connectivity index (χ0n) is 26.3. The molecule has 3 aromatic carbocycles. The molecular formula is C36H41N5O3. The van der Waals surface area contributed by atoms with Gasteiger partial charge in [0.05, 0.1) is 35.9 Å². The fourth-order valence-electron chi connectivity index (χ4n) is 7.02. The van der Waals surface area contributed by atoms with Crippen LogP contribution in [0.15, 0.2) is 54.6 Å². The molecule has 0 unspecified atom stereocenters. The highest BCUT2D eigenvalue weighted by Gasteiger charge is 2.31. The van der Waals surface area contributed by atoms with Crippen LogP contribution < -0.4 is 19.7 Å². The van der Waals surface area contributed by atoms with Crippen LogP contribution in [0, 0.1) is 0 Å². The Morgan fingerprint density at radius 3 is 2.66 bits per heavy atom. The zero-order chi connectivity index (χ0) is 30.6. The van der Waals surface area contributed by atoms with Crippen molar-refractivity contribution in [2.75, 3.05) is 32.7 Å². The van der Waals surface area contributed by atoms with E-state index in [1.165, 1.54) is 48.7 Å². The maximum atomic E-state index is 13.8. The summed E-state index contributed by atoms with van der Waals surface area (Å²) in [4.78, 5) is 24.2. The highest BCUT2D eigenvalue weighted by molar-refractivity contribution is 6.01. The number of anilines is 1. The normalized spacial score (nSPS) is 15.4. The molecule has 228 valence electrons. The third-order valence-corrected chi connectivity index (χ3v) is 9.40. The van der Waals surface area contributed by atoms with E-state index < -0.39 is 5.54 Å². The Labute approximate surface area is 258 Å². The summed E-state index contributed by atoms with van der Waals surface area (Å²) in [6.45, 7) is 5.23. The number of nitrogens with one attached hydrogen (secondary N) is 2. The molecule has 8 nitrogen and oxygen atoms in total. The van der Waals surface area contributed by atoms with Gasteiger partial charge in [0.25, 0.3) is 5.91 Å². The Bertz CT molecular complexity index is 1880. The zero-order valence-corrected chi connectivity index (χ0v) is 26.3. The van der Waals surface area contributed by atoms with Gasteiger partial charge in [0, 0.05) is 47.9 Å². The molecule has 1 amide bonds. The van der Waals surface area contributed by atoms with Crippen LogP contribution in [0.1, 0.15) is 73.6 Å². The Morgan fingerprint density at radius 1 is 1.07 bits per heavy atom. The summed E-state index contributed by atoms with van der Waals surface area (Å²) >= 11 is 0. The molecule has 1 aliphatic carbocycles. The van der Waals surface area contributed by atoms with Crippen molar-refractivity contribution >= 4 is 33.5 Å². The van der Waals surface area contributed by atoms with E-state index in [-0.39, 0.29) is 5.91 Å². The standard InChI is InChI=1S/C36H41N5O3/c1-36(2,35-37-28-16-12-24(40(3)4)20-29(28)38-35)39-34(42)23-11-14-26-30(19-23)41-17-18-44-31-21-25(43-5)13-15-27(31)33(41)32(26)22-9-7-6-8-10-22/h11-16,19-22H,6-10,17-18H2,1-5H3,(H,37,38)(H,39,42). The Balaban J connectivity index is 1.28. The fourth-order valence-corrected chi connectivity index (χ4v) is 7.02. The van der Waals surface area contributed by atoms with Gasteiger partial charge in [-0.3, -0.25) is 4.79 Å².